The molecule has 3 heteroatoms. The lowest BCUT2D eigenvalue weighted by Gasteiger charge is -2.24. The van der Waals surface area contributed by atoms with Gasteiger partial charge in [-0.25, -0.2) is 0 Å². The number of para-hydroxylation sites is 1. The third-order valence-corrected chi connectivity index (χ3v) is 5.09. The Morgan fingerprint density at radius 2 is 2.04 bits per heavy atom. The molecule has 0 aliphatic heterocycles. The van der Waals surface area contributed by atoms with Crippen LogP contribution in [0.4, 0.5) is 0 Å². The Bertz CT molecular complexity index is 838. The second-order valence-corrected chi connectivity index (χ2v) is 6.98. The lowest BCUT2D eigenvalue weighted by Crippen LogP contribution is -2.27. The minimum atomic E-state index is 0.438. The second-order valence-electron chi connectivity index (χ2n) is 6.98. The van der Waals surface area contributed by atoms with Gasteiger partial charge in [-0.2, -0.15) is 0 Å². The Kier molecular flexibility index (Phi) is 4.75. The number of ether oxygens (including phenoxy) is 1. The van der Waals surface area contributed by atoms with Gasteiger partial charge >= 0.3 is 0 Å². The maximum Gasteiger partial charge on any atom is 0.119 e. The molecule has 1 aromatic heterocycles. The Hall–Kier alpha value is -2.26. The van der Waals surface area contributed by atoms with Gasteiger partial charge in [0.1, 0.15) is 5.75 Å². The van der Waals surface area contributed by atoms with E-state index >= 15 is 0 Å². The van der Waals surface area contributed by atoms with E-state index < -0.39 is 0 Å². The molecule has 25 heavy (non-hydrogen) atoms. The SMILES string of the molecule is Cc1ccc2[nH]c3c(c2c1)CCCC3NCCCOc1ccccc1. The highest BCUT2D eigenvalue weighted by Crippen LogP contribution is 2.35. The number of nitrogens with one attached hydrogen (secondary N) is 2. The van der Waals surface area contributed by atoms with E-state index in [1.165, 1.54) is 47.0 Å². The number of hydrogen-bond donors (Lipinski definition) is 2. The summed E-state index contributed by atoms with van der Waals surface area (Å²) in [6.45, 7) is 3.90. The summed E-state index contributed by atoms with van der Waals surface area (Å²) < 4.78 is 5.78. The zero-order chi connectivity index (χ0) is 17.1. The van der Waals surface area contributed by atoms with Gasteiger partial charge in [0, 0.05) is 22.6 Å². The largest absolute Gasteiger partial charge is 0.494 e. The van der Waals surface area contributed by atoms with E-state index in [0.717, 1.165) is 25.3 Å². The van der Waals surface area contributed by atoms with Crippen LogP contribution in [0.3, 0.4) is 0 Å². The fourth-order valence-corrected chi connectivity index (χ4v) is 3.84. The first-order valence-corrected chi connectivity index (χ1v) is 9.33. The van der Waals surface area contributed by atoms with Crippen LogP contribution in [-0.4, -0.2) is 18.1 Å². The van der Waals surface area contributed by atoms with Gasteiger partial charge in [0.15, 0.2) is 0 Å². The topological polar surface area (TPSA) is 37.0 Å². The molecule has 0 fully saturated rings. The summed E-state index contributed by atoms with van der Waals surface area (Å²) in [6.07, 6.45) is 4.67. The summed E-state index contributed by atoms with van der Waals surface area (Å²) >= 11 is 0. The first kappa shape index (κ1) is 16.2. The maximum atomic E-state index is 5.78. The van der Waals surface area contributed by atoms with Gasteiger partial charge in [-0.15, -0.1) is 0 Å². The van der Waals surface area contributed by atoms with E-state index in [1.807, 2.05) is 30.3 Å². The van der Waals surface area contributed by atoms with Crippen LogP contribution in [0, 0.1) is 6.92 Å². The highest BCUT2D eigenvalue weighted by Gasteiger charge is 2.23. The van der Waals surface area contributed by atoms with Gasteiger partial charge in [0.25, 0.3) is 0 Å². The number of benzene rings is 2. The van der Waals surface area contributed by atoms with E-state index in [1.54, 1.807) is 0 Å². The van der Waals surface area contributed by atoms with Crippen molar-refractivity contribution in [1.29, 1.82) is 0 Å². The molecule has 4 rings (SSSR count). The van der Waals surface area contributed by atoms with Gasteiger partial charge in [0.2, 0.25) is 0 Å². The zero-order valence-corrected chi connectivity index (χ0v) is 14.8. The number of rotatable bonds is 6. The number of aromatic amines is 1. The molecule has 0 saturated heterocycles. The molecule has 2 aromatic carbocycles. The van der Waals surface area contributed by atoms with Crippen LogP contribution in [0.25, 0.3) is 10.9 Å². The maximum absolute atomic E-state index is 5.78. The van der Waals surface area contributed by atoms with E-state index in [-0.39, 0.29) is 0 Å². The first-order valence-electron chi connectivity index (χ1n) is 9.33. The summed E-state index contributed by atoms with van der Waals surface area (Å²) in [6, 6.07) is 17.2. The van der Waals surface area contributed by atoms with Crippen molar-refractivity contribution in [2.45, 2.75) is 38.6 Å². The molecular weight excluding hydrogens is 308 g/mol. The molecule has 1 aliphatic carbocycles. The van der Waals surface area contributed by atoms with Crippen molar-refractivity contribution >= 4 is 10.9 Å². The van der Waals surface area contributed by atoms with E-state index in [0.29, 0.717) is 6.04 Å². The number of aromatic nitrogens is 1. The molecular formula is C22H26N2O. The van der Waals surface area contributed by atoms with Gasteiger partial charge in [-0.05, 0) is 69.0 Å². The van der Waals surface area contributed by atoms with Crippen molar-refractivity contribution in [2.75, 3.05) is 13.2 Å². The minimum absolute atomic E-state index is 0.438. The first-order chi connectivity index (χ1) is 12.3. The molecule has 0 saturated carbocycles. The molecule has 130 valence electrons. The van der Waals surface area contributed by atoms with Crippen molar-refractivity contribution in [3.8, 4) is 5.75 Å². The molecule has 3 nitrogen and oxygen atoms in total. The number of hydrogen-bond acceptors (Lipinski definition) is 2. The van der Waals surface area contributed by atoms with Crippen molar-refractivity contribution in [2.24, 2.45) is 0 Å². The number of fused-ring (bicyclic) bond motifs is 3. The third-order valence-electron chi connectivity index (χ3n) is 5.09. The lowest BCUT2D eigenvalue weighted by molar-refractivity contribution is 0.302. The van der Waals surface area contributed by atoms with Crippen molar-refractivity contribution < 1.29 is 4.74 Å². The average molecular weight is 334 g/mol. The average Bonchev–Trinajstić information content (AvgIpc) is 3.01. The van der Waals surface area contributed by atoms with Gasteiger partial charge < -0.3 is 15.0 Å². The Morgan fingerprint density at radius 3 is 2.92 bits per heavy atom. The van der Waals surface area contributed by atoms with Crippen LogP contribution in [0.2, 0.25) is 0 Å². The summed E-state index contributed by atoms with van der Waals surface area (Å²) in [5.41, 5.74) is 5.53. The molecule has 0 amide bonds. The predicted molar refractivity (Wildman–Crippen MR) is 103 cm³/mol. The predicted octanol–water partition coefficient (Wildman–Crippen LogP) is 4.91. The van der Waals surface area contributed by atoms with Crippen LogP contribution < -0.4 is 10.1 Å². The molecule has 0 bridgehead atoms. The lowest BCUT2D eigenvalue weighted by atomic mass is 9.91. The van der Waals surface area contributed by atoms with Gasteiger partial charge in [-0.1, -0.05) is 29.8 Å². The van der Waals surface area contributed by atoms with Crippen molar-refractivity contribution in [3.63, 3.8) is 0 Å². The molecule has 2 N–H and O–H groups in total. The monoisotopic (exact) mass is 334 g/mol. The molecule has 0 spiro atoms. The molecule has 3 aromatic rings. The van der Waals surface area contributed by atoms with E-state index in [4.69, 9.17) is 4.74 Å². The van der Waals surface area contributed by atoms with Crippen LogP contribution in [-0.2, 0) is 6.42 Å². The summed E-state index contributed by atoms with van der Waals surface area (Å²) in [5.74, 6) is 0.952. The minimum Gasteiger partial charge on any atom is -0.494 e. The van der Waals surface area contributed by atoms with Crippen LogP contribution in [0.15, 0.2) is 48.5 Å². The van der Waals surface area contributed by atoms with Crippen molar-refractivity contribution in [1.82, 2.24) is 10.3 Å². The summed E-state index contributed by atoms with van der Waals surface area (Å²) in [5, 5.41) is 5.14. The van der Waals surface area contributed by atoms with E-state index in [9.17, 15) is 0 Å². The third kappa shape index (κ3) is 3.57. The zero-order valence-electron chi connectivity index (χ0n) is 14.8. The van der Waals surface area contributed by atoms with Crippen molar-refractivity contribution in [3.05, 3.63) is 65.4 Å². The number of H-pyrrole nitrogens is 1. The molecule has 1 atom stereocenters. The molecule has 0 radical (unpaired) electrons. The summed E-state index contributed by atoms with van der Waals surface area (Å²) in [4.78, 5) is 3.67. The Labute approximate surface area is 149 Å². The van der Waals surface area contributed by atoms with Gasteiger partial charge in [-0.3, -0.25) is 0 Å². The van der Waals surface area contributed by atoms with Gasteiger partial charge in [0.05, 0.1) is 6.61 Å². The normalized spacial score (nSPS) is 16.8. The molecule has 1 heterocycles. The Balaban J connectivity index is 1.36. The summed E-state index contributed by atoms with van der Waals surface area (Å²) in [7, 11) is 0. The smallest absolute Gasteiger partial charge is 0.119 e. The highest BCUT2D eigenvalue weighted by molar-refractivity contribution is 5.85. The van der Waals surface area contributed by atoms with Crippen LogP contribution >= 0.6 is 0 Å². The van der Waals surface area contributed by atoms with Crippen LogP contribution in [0.5, 0.6) is 5.75 Å². The molecule has 1 aliphatic rings. The Morgan fingerprint density at radius 1 is 1.16 bits per heavy atom. The second kappa shape index (κ2) is 7.32. The standard InChI is InChI=1S/C22H26N2O/c1-16-11-12-20-19(15-16)18-9-5-10-21(22(18)24-20)23-13-6-14-25-17-7-3-2-4-8-17/h2-4,7-8,11-12,15,21,23-24H,5-6,9-10,13-14H2,1H3. The van der Waals surface area contributed by atoms with Crippen LogP contribution in [0.1, 0.15) is 42.1 Å². The fraction of sp³-hybridized carbons (Fsp3) is 0.364. The number of aryl methyl sites for hydroxylation is 2. The fourth-order valence-electron chi connectivity index (χ4n) is 3.84. The molecule has 1 unspecified atom stereocenters. The quantitative estimate of drug-likeness (QED) is 0.628. The van der Waals surface area contributed by atoms with E-state index in [2.05, 4.69) is 35.4 Å². The highest BCUT2D eigenvalue weighted by atomic mass is 16.5.